The number of carbonyl (C=O) groups excluding carboxylic acids is 1. The molecule has 0 radical (unpaired) electrons. The minimum Gasteiger partial charge on any atom is -0.508 e. The molecular formula is C25H32N2O2. The molecule has 1 unspecified atom stereocenters. The van der Waals surface area contributed by atoms with Crippen LogP contribution < -0.4 is 5.73 Å². The Labute approximate surface area is 173 Å². The summed E-state index contributed by atoms with van der Waals surface area (Å²) >= 11 is 0. The van der Waals surface area contributed by atoms with E-state index in [1.807, 2.05) is 25.1 Å². The van der Waals surface area contributed by atoms with Crippen molar-refractivity contribution in [3.8, 4) is 5.75 Å². The second-order valence-electron chi connectivity index (χ2n) is 8.90. The Kier molecular flexibility index (Phi) is 5.39. The summed E-state index contributed by atoms with van der Waals surface area (Å²) in [5.74, 6) is 0.790. The number of nitrogens with zero attached hydrogens (tertiary/aromatic N) is 1. The summed E-state index contributed by atoms with van der Waals surface area (Å²) in [6.45, 7) is 7.42. The Balaban J connectivity index is 1.87. The van der Waals surface area contributed by atoms with E-state index in [0.29, 0.717) is 11.3 Å². The maximum Gasteiger partial charge on any atom is 0.248 e. The minimum absolute atomic E-state index is 0.182. The van der Waals surface area contributed by atoms with Gasteiger partial charge < -0.3 is 15.7 Å². The smallest absolute Gasteiger partial charge is 0.248 e. The number of hydrogen-bond donors (Lipinski definition) is 2. The summed E-state index contributed by atoms with van der Waals surface area (Å²) < 4.78 is 0. The number of primary amides is 1. The van der Waals surface area contributed by atoms with Gasteiger partial charge in [0.15, 0.2) is 0 Å². The number of piperidine rings is 1. The second-order valence-corrected chi connectivity index (χ2v) is 8.90. The summed E-state index contributed by atoms with van der Waals surface area (Å²) in [5.41, 5.74) is 10.7. The predicted octanol–water partition coefficient (Wildman–Crippen LogP) is 4.15. The number of carbonyl (C=O) groups is 1. The Morgan fingerprint density at radius 2 is 2.07 bits per heavy atom. The highest BCUT2D eigenvalue weighted by atomic mass is 16.3. The van der Waals surface area contributed by atoms with Crippen molar-refractivity contribution < 1.29 is 9.90 Å². The first-order valence-electron chi connectivity index (χ1n) is 10.9. The van der Waals surface area contributed by atoms with Crippen LogP contribution in [-0.2, 0) is 11.8 Å². The quantitative estimate of drug-likeness (QED) is 0.776. The van der Waals surface area contributed by atoms with Crippen molar-refractivity contribution >= 4 is 5.91 Å². The van der Waals surface area contributed by atoms with Crippen molar-refractivity contribution in [1.29, 1.82) is 0 Å². The zero-order valence-corrected chi connectivity index (χ0v) is 17.6. The molecule has 2 fully saturated rings. The number of rotatable bonds is 6. The zero-order valence-electron chi connectivity index (χ0n) is 17.6. The Bertz CT molecular complexity index is 919. The highest BCUT2D eigenvalue weighted by Gasteiger charge is 2.41. The molecule has 1 atom stereocenters. The van der Waals surface area contributed by atoms with Gasteiger partial charge >= 0.3 is 0 Å². The van der Waals surface area contributed by atoms with Gasteiger partial charge in [0.05, 0.1) is 0 Å². The van der Waals surface area contributed by atoms with Gasteiger partial charge in [-0.1, -0.05) is 25.1 Å². The molecule has 0 bridgehead atoms. The Hall–Kier alpha value is -2.33. The minimum atomic E-state index is -0.367. The molecular weight excluding hydrogens is 360 g/mol. The molecule has 0 aromatic heterocycles. The molecule has 3 N–H and O–H groups in total. The standard InChI is InChI=1S/C25H32N2O2/c1-3-21-17(2)22(24(26)29)10-11-23(21)25(19-6-4-7-20(28)14-19)12-5-13-27(16-25)15-18-8-9-18/h4,6-7,10-11,14,18,28H,3,5,8-9,12-13,15-16H2,1-2H3,(H2,26,29). The van der Waals surface area contributed by atoms with Crippen LogP contribution in [0.5, 0.6) is 5.75 Å². The van der Waals surface area contributed by atoms with Crippen LogP contribution in [0.4, 0.5) is 0 Å². The average molecular weight is 393 g/mol. The number of nitrogens with two attached hydrogens (primary N) is 1. The lowest BCUT2D eigenvalue weighted by Crippen LogP contribution is -2.48. The number of hydrogen-bond acceptors (Lipinski definition) is 3. The van der Waals surface area contributed by atoms with E-state index in [1.165, 1.54) is 36.1 Å². The summed E-state index contributed by atoms with van der Waals surface area (Å²) in [6.07, 6.45) is 5.72. The molecule has 1 saturated heterocycles. The van der Waals surface area contributed by atoms with E-state index >= 15 is 0 Å². The van der Waals surface area contributed by atoms with Crippen molar-refractivity contribution in [3.63, 3.8) is 0 Å². The lowest BCUT2D eigenvalue weighted by molar-refractivity contribution is 0.0999. The van der Waals surface area contributed by atoms with Crippen molar-refractivity contribution in [2.24, 2.45) is 11.7 Å². The van der Waals surface area contributed by atoms with Crippen LogP contribution in [-0.4, -0.2) is 35.5 Å². The fourth-order valence-corrected chi connectivity index (χ4v) is 5.31. The van der Waals surface area contributed by atoms with Gasteiger partial charge in [0, 0.05) is 24.1 Å². The third-order valence-electron chi connectivity index (χ3n) is 6.92. The van der Waals surface area contributed by atoms with Gasteiger partial charge in [-0.15, -0.1) is 0 Å². The number of aromatic hydroxyl groups is 1. The molecule has 154 valence electrons. The molecule has 29 heavy (non-hydrogen) atoms. The number of likely N-dealkylation sites (tertiary alicyclic amines) is 1. The fraction of sp³-hybridized carbons (Fsp3) is 0.480. The van der Waals surface area contributed by atoms with Gasteiger partial charge in [0.2, 0.25) is 5.91 Å². The average Bonchev–Trinajstić information content (AvgIpc) is 3.51. The van der Waals surface area contributed by atoms with E-state index < -0.39 is 0 Å². The van der Waals surface area contributed by atoms with Gasteiger partial charge in [-0.2, -0.15) is 0 Å². The Morgan fingerprint density at radius 1 is 1.28 bits per heavy atom. The summed E-state index contributed by atoms with van der Waals surface area (Å²) in [4.78, 5) is 14.5. The summed E-state index contributed by atoms with van der Waals surface area (Å²) in [6, 6.07) is 11.8. The monoisotopic (exact) mass is 392 g/mol. The number of phenolic OH excluding ortho intramolecular Hbond substituents is 1. The molecule has 1 heterocycles. The van der Waals surface area contributed by atoms with Crippen molar-refractivity contribution in [2.75, 3.05) is 19.6 Å². The van der Waals surface area contributed by atoms with Gasteiger partial charge in [-0.3, -0.25) is 4.79 Å². The van der Waals surface area contributed by atoms with Crippen LogP contribution >= 0.6 is 0 Å². The van der Waals surface area contributed by atoms with E-state index in [0.717, 1.165) is 43.8 Å². The summed E-state index contributed by atoms with van der Waals surface area (Å²) in [7, 11) is 0. The topological polar surface area (TPSA) is 66.6 Å². The van der Waals surface area contributed by atoms with E-state index in [1.54, 1.807) is 6.07 Å². The predicted molar refractivity (Wildman–Crippen MR) is 116 cm³/mol. The molecule has 1 aliphatic carbocycles. The highest BCUT2D eigenvalue weighted by Crippen LogP contribution is 2.44. The van der Waals surface area contributed by atoms with Crippen LogP contribution in [0.1, 0.15) is 65.2 Å². The van der Waals surface area contributed by atoms with Crippen LogP contribution in [0.15, 0.2) is 36.4 Å². The third-order valence-corrected chi connectivity index (χ3v) is 6.92. The van der Waals surface area contributed by atoms with Crippen molar-refractivity contribution in [2.45, 2.75) is 51.4 Å². The van der Waals surface area contributed by atoms with Crippen LogP contribution in [0, 0.1) is 12.8 Å². The van der Waals surface area contributed by atoms with E-state index in [9.17, 15) is 9.90 Å². The first-order chi connectivity index (χ1) is 13.9. The molecule has 1 aliphatic heterocycles. The molecule has 4 rings (SSSR count). The second kappa shape index (κ2) is 7.83. The number of benzene rings is 2. The summed E-state index contributed by atoms with van der Waals surface area (Å²) in [5, 5.41) is 10.2. The van der Waals surface area contributed by atoms with Gasteiger partial charge in [0.25, 0.3) is 0 Å². The van der Waals surface area contributed by atoms with Crippen molar-refractivity contribution in [3.05, 3.63) is 64.2 Å². The molecule has 4 heteroatoms. The van der Waals surface area contributed by atoms with Gasteiger partial charge in [-0.05, 0) is 91.9 Å². The van der Waals surface area contributed by atoms with Crippen molar-refractivity contribution in [1.82, 2.24) is 4.90 Å². The zero-order chi connectivity index (χ0) is 20.6. The van der Waals surface area contributed by atoms with Crippen LogP contribution in [0.25, 0.3) is 0 Å². The molecule has 4 nitrogen and oxygen atoms in total. The molecule has 2 aromatic carbocycles. The first-order valence-corrected chi connectivity index (χ1v) is 10.9. The Morgan fingerprint density at radius 3 is 2.72 bits per heavy atom. The van der Waals surface area contributed by atoms with Gasteiger partial charge in [-0.25, -0.2) is 0 Å². The van der Waals surface area contributed by atoms with Crippen LogP contribution in [0.2, 0.25) is 0 Å². The number of amides is 1. The van der Waals surface area contributed by atoms with Crippen LogP contribution in [0.3, 0.4) is 0 Å². The van der Waals surface area contributed by atoms with E-state index in [4.69, 9.17) is 5.73 Å². The SMILES string of the molecule is CCc1c(C2(c3cccc(O)c3)CCCN(CC3CC3)C2)ccc(C(N)=O)c1C. The van der Waals surface area contributed by atoms with E-state index in [2.05, 4.69) is 24.0 Å². The molecule has 0 spiro atoms. The fourth-order valence-electron chi connectivity index (χ4n) is 5.31. The van der Waals surface area contributed by atoms with E-state index in [-0.39, 0.29) is 11.3 Å². The molecule has 2 aliphatic rings. The first kappa shape index (κ1) is 20.0. The lowest BCUT2D eigenvalue weighted by Gasteiger charge is -2.45. The highest BCUT2D eigenvalue weighted by molar-refractivity contribution is 5.94. The third kappa shape index (κ3) is 3.78. The van der Waals surface area contributed by atoms with Gasteiger partial charge in [0.1, 0.15) is 5.75 Å². The maximum absolute atomic E-state index is 11.9. The maximum atomic E-state index is 11.9. The largest absolute Gasteiger partial charge is 0.508 e. The number of phenols is 1. The normalized spacial score (nSPS) is 22.6. The lowest BCUT2D eigenvalue weighted by atomic mass is 9.66. The molecule has 2 aromatic rings. The molecule has 1 amide bonds. The molecule has 1 saturated carbocycles.